The summed E-state index contributed by atoms with van der Waals surface area (Å²) in [5.74, 6) is 2.53. The Balaban J connectivity index is 1.15. The number of nitrogens with zero attached hydrogens (tertiary/aromatic N) is 2. The zero-order valence-corrected chi connectivity index (χ0v) is 25.2. The molecule has 2 aliphatic rings. The maximum Gasteiger partial charge on any atom is 0.434 e. The topological polar surface area (TPSA) is 28.3 Å². The van der Waals surface area contributed by atoms with Gasteiger partial charge in [-0.15, -0.1) is 0 Å². The Morgan fingerprint density at radius 2 is 0.936 bits per heavy atom. The van der Waals surface area contributed by atoms with E-state index in [-0.39, 0.29) is 6.92 Å². The van der Waals surface area contributed by atoms with Gasteiger partial charge < -0.3 is 18.5 Å². The van der Waals surface area contributed by atoms with Crippen LogP contribution in [0, 0.1) is 0 Å². The number of aromatic nitrogens is 2. The highest BCUT2D eigenvalue weighted by Crippen LogP contribution is 2.42. The van der Waals surface area contributed by atoms with Gasteiger partial charge in [0.2, 0.25) is 0 Å². The Labute approximate surface area is 270 Å². The van der Waals surface area contributed by atoms with Crippen molar-refractivity contribution < 1.29 is 9.39 Å². The number of ether oxygens (including phenoxy) is 1. The van der Waals surface area contributed by atoms with E-state index in [2.05, 4.69) is 161 Å². The van der Waals surface area contributed by atoms with Crippen molar-refractivity contribution in [3.05, 3.63) is 152 Å². The van der Waals surface area contributed by atoms with E-state index in [4.69, 9.17) is 9.39 Å². The SMILES string of the molecule is c1ccc2c(c1)OB1c3cc(-n4c5ccccc5c5ccccc54)ccc3Oc3cc(-n4c5ccccc5c5ccccc54)cc-2c31. The zero-order chi connectivity index (χ0) is 30.6. The van der Waals surface area contributed by atoms with Gasteiger partial charge in [-0.3, -0.25) is 0 Å². The van der Waals surface area contributed by atoms with Crippen LogP contribution < -0.4 is 20.3 Å². The van der Waals surface area contributed by atoms with Gasteiger partial charge in [0.25, 0.3) is 0 Å². The van der Waals surface area contributed by atoms with Crippen molar-refractivity contribution in [2.45, 2.75) is 0 Å². The summed E-state index contributed by atoms with van der Waals surface area (Å²) < 4.78 is 18.4. The molecule has 0 fully saturated rings. The third kappa shape index (κ3) is 3.38. The molecule has 0 spiro atoms. The molecule has 218 valence electrons. The summed E-state index contributed by atoms with van der Waals surface area (Å²) in [5, 5.41) is 4.95. The van der Waals surface area contributed by atoms with Gasteiger partial charge in [-0.1, -0.05) is 91.0 Å². The molecule has 47 heavy (non-hydrogen) atoms. The third-order valence-electron chi connectivity index (χ3n) is 9.98. The van der Waals surface area contributed by atoms with Crippen molar-refractivity contribution in [1.82, 2.24) is 9.13 Å². The summed E-state index contributed by atoms with van der Waals surface area (Å²) in [6.45, 7) is -0.307. The molecule has 4 heterocycles. The highest BCUT2D eigenvalue weighted by molar-refractivity contribution is 6.84. The molecule has 0 unspecified atom stereocenters. The van der Waals surface area contributed by atoms with Crippen LogP contribution in [0.1, 0.15) is 0 Å². The Kier molecular flexibility index (Phi) is 4.89. The number of rotatable bonds is 2. The van der Waals surface area contributed by atoms with Crippen LogP contribution in [-0.2, 0) is 0 Å². The molecule has 9 aromatic rings. The lowest BCUT2D eigenvalue weighted by molar-refractivity contribution is 0.479. The van der Waals surface area contributed by atoms with Gasteiger partial charge in [-0.2, -0.15) is 0 Å². The van der Waals surface area contributed by atoms with E-state index in [1.165, 1.54) is 43.6 Å². The number of hydrogen-bond acceptors (Lipinski definition) is 2. The summed E-state index contributed by atoms with van der Waals surface area (Å²) in [6.07, 6.45) is 0. The highest BCUT2D eigenvalue weighted by Gasteiger charge is 2.41. The van der Waals surface area contributed by atoms with Crippen molar-refractivity contribution in [3.63, 3.8) is 0 Å². The first kappa shape index (κ1) is 25.0. The van der Waals surface area contributed by atoms with Crippen molar-refractivity contribution in [2.75, 3.05) is 0 Å². The minimum atomic E-state index is -0.307. The van der Waals surface area contributed by atoms with Crippen molar-refractivity contribution in [3.8, 4) is 39.8 Å². The Morgan fingerprint density at radius 1 is 0.404 bits per heavy atom. The molecular formula is C42H25BN2O2. The van der Waals surface area contributed by atoms with E-state index in [0.717, 1.165) is 50.7 Å². The summed E-state index contributed by atoms with van der Waals surface area (Å²) in [5.41, 5.74) is 11.2. The smallest absolute Gasteiger partial charge is 0.434 e. The van der Waals surface area contributed by atoms with Crippen molar-refractivity contribution in [2.24, 2.45) is 0 Å². The monoisotopic (exact) mass is 600 g/mol. The summed E-state index contributed by atoms with van der Waals surface area (Å²) >= 11 is 0. The molecule has 7 aromatic carbocycles. The molecule has 0 saturated heterocycles. The van der Waals surface area contributed by atoms with Gasteiger partial charge in [0, 0.05) is 49.8 Å². The number of benzene rings is 7. The molecular weight excluding hydrogens is 575 g/mol. The Bertz CT molecular complexity index is 2670. The van der Waals surface area contributed by atoms with Crippen LogP contribution in [0.25, 0.3) is 66.1 Å². The molecule has 11 rings (SSSR count). The van der Waals surface area contributed by atoms with Gasteiger partial charge in [0.1, 0.15) is 17.2 Å². The highest BCUT2D eigenvalue weighted by atomic mass is 16.5. The molecule has 0 N–H and O–H groups in total. The Hall–Kier alpha value is -6.20. The van der Waals surface area contributed by atoms with Crippen LogP contribution in [0.3, 0.4) is 0 Å². The normalized spacial score (nSPS) is 13.0. The average Bonchev–Trinajstić information content (AvgIpc) is 3.65. The van der Waals surface area contributed by atoms with Crippen LogP contribution in [0.15, 0.2) is 152 Å². The van der Waals surface area contributed by atoms with Gasteiger partial charge >= 0.3 is 6.92 Å². The maximum atomic E-state index is 6.89. The lowest BCUT2D eigenvalue weighted by atomic mass is 9.50. The summed E-state index contributed by atoms with van der Waals surface area (Å²) in [7, 11) is 0. The molecule has 0 amide bonds. The van der Waals surface area contributed by atoms with E-state index in [0.29, 0.717) is 0 Å². The van der Waals surface area contributed by atoms with Gasteiger partial charge in [-0.05, 0) is 60.2 Å². The quantitative estimate of drug-likeness (QED) is 0.185. The second-order valence-electron chi connectivity index (χ2n) is 12.5. The minimum absolute atomic E-state index is 0.307. The molecule has 0 aliphatic carbocycles. The van der Waals surface area contributed by atoms with Crippen LogP contribution in [0.4, 0.5) is 0 Å². The van der Waals surface area contributed by atoms with Crippen LogP contribution in [0.2, 0.25) is 0 Å². The number of hydrogen-bond donors (Lipinski definition) is 0. The minimum Gasteiger partial charge on any atom is -0.551 e. The largest absolute Gasteiger partial charge is 0.551 e. The third-order valence-corrected chi connectivity index (χ3v) is 9.98. The molecule has 0 bridgehead atoms. The Morgan fingerprint density at radius 3 is 1.55 bits per heavy atom. The van der Waals surface area contributed by atoms with Gasteiger partial charge in [0.15, 0.2) is 0 Å². The molecule has 5 heteroatoms. The predicted octanol–water partition coefficient (Wildman–Crippen LogP) is 9.15. The zero-order valence-electron chi connectivity index (χ0n) is 25.2. The second kappa shape index (κ2) is 9.18. The summed E-state index contributed by atoms with van der Waals surface area (Å²) in [6, 6.07) is 53.9. The van der Waals surface area contributed by atoms with Gasteiger partial charge in [0.05, 0.1) is 27.8 Å². The summed E-state index contributed by atoms with van der Waals surface area (Å²) in [4.78, 5) is 0. The first-order chi connectivity index (χ1) is 23.3. The molecule has 4 nitrogen and oxygen atoms in total. The first-order valence-electron chi connectivity index (χ1n) is 16.0. The second-order valence-corrected chi connectivity index (χ2v) is 12.5. The van der Waals surface area contributed by atoms with Crippen molar-refractivity contribution in [1.29, 1.82) is 0 Å². The molecule has 0 radical (unpaired) electrons. The van der Waals surface area contributed by atoms with E-state index in [9.17, 15) is 0 Å². The fourth-order valence-corrected chi connectivity index (χ4v) is 8.01. The standard InChI is InChI=1S/C42H25BN2O2/c1-6-16-35-28(11-1)29-12-2-7-17-36(29)44(35)26-21-22-40-34(24-26)43-42-33(32-15-5-10-20-39(32)47-43)23-27(25-41(42)46-40)45-37-18-8-3-13-30(37)31-14-4-9-19-38(31)45/h1-25H. The van der Waals surface area contributed by atoms with Crippen molar-refractivity contribution >= 4 is 61.5 Å². The molecule has 0 saturated carbocycles. The molecule has 2 aliphatic heterocycles. The van der Waals surface area contributed by atoms with E-state index in [1.54, 1.807) is 0 Å². The molecule has 0 atom stereocenters. The first-order valence-corrected chi connectivity index (χ1v) is 16.0. The van der Waals surface area contributed by atoms with E-state index >= 15 is 0 Å². The van der Waals surface area contributed by atoms with Crippen LogP contribution in [0.5, 0.6) is 17.2 Å². The fourth-order valence-electron chi connectivity index (χ4n) is 8.01. The van der Waals surface area contributed by atoms with E-state index in [1.807, 2.05) is 0 Å². The van der Waals surface area contributed by atoms with Crippen LogP contribution >= 0.6 is 0 Å². The lowest BCUT2D eigenvalue weighted by Gasteiger charge is -2.33. The maximum absolute atomic E-state index is 6.89. The number of para-hydroxylation sites is 5. The number of fused-ring (bicyclic) bond motifs is 10. The average molecular weight is 600 g/mol. The predicted molar refractivity (Wildman–Crippen MR) is 193 cm³/mol. The van der Waals surface area contributed by atoms with Crippen LogP contribution in [-0.4, -0.2) is 16.0 Å². The van der Waals surface area contributed by atoms with Gasteiger partial charge in [-0.25, -0.2) is 0 Å². The van der Waals surface area contributed by atoms with E-state index < -0.39 is 0 Å². The fraction of sp³-hybridized carbons (Fsp3) is 0. The molecule has 2 aromatic heterocycles. The lowest BCUT2D eigenvalue weighted by Crippen LogP contribution is -2.53.